The van der Waals surface area contributed by atoms with Crippen molar-refractivity contribution in [3.05, 3.63) is 53.1 Å². The van der Waals surface area contributed by atoms with E-state index in [9.17, 15) is 23.2 Å². The summed E-state index contributed by atoms with van der Waals surface area (Å²) in [5.74, 6) is -3.47. The highest BCUT2D eigenvalue weighted by Crippen LogP contribution is 2.38. The highest BCUT2D eigenvalue weighted by atomic mass is 19.2. The molecule has 0 aliphatic heterocycles. The summed E-state index contributed by atoms with van der Waals surface area (Å²) in [6.07, 6.45) is 0. The summed E-state index contributed by atoms with van der Waals surface area (Å²) < 4.78 is 42.3. The molecule has 0 bridgehead atoms. The smallest absolute Gasteiger partial charge is 0.251 e. The van der Waals surface area contributed by atoms with Crippen LogP contribution in [0, 0.1) is 11.6 Å². The van der Waals surface area contributed by atoms with Gasteiger partial charge in [-0.2, -0.15) is 0 Å². The molecule has 1 atom stereocenters. The van der Waals surface area contributed by atoms with Crippen molar-refractivity contribution < 1.29 is 37.4 Å². The first-order valence-electron chi connectivity index (χ1n) is 9.29. The molecule has 0 fully saturated rings. The fourth-order valence-electron chi connectivity index (χ4n) is 2.82. The zero-order valence-corrected chi connectivity index (χ0v) is 17.9. The Bertz CT molecular complexity index is 990. The Morgan fingerprint density at radius 2 is 1.56 bits per heavy atom. The Hall–Kier alpha value is -3.89. The molecule has 2 aromatic carbocycles. The van der Waals surface area contributed by atoms with Gasteiger partial charge in [-0.15, -0.1) is 0 Å². The normalized spacial score (nSPS) is 11.2. The predicted octanol–water partition coefficient (Wildman–Crippen LogP) is 1.32. The highest BCUT2D eigenvalue weighted by molar-refractivity contribution is 5.98. The van der Waals surface area contributed by atoms with Crippen molar-refractivity contribution in [2.45, 2.75) is 6.04 Å². The Morgan fingerprint density at radius 1 is 0.938 bits per heavy atom. The first-order chi connectivity index (χ1) is 15.2. The summed E-state index contributed by atoms with van der Waals surface area (Å²) in [5.41, 5.74) is 0.170. The molecule has 2 rings (SSSR count). The number of rotatable bonds is 9. The minimum Gasteiger partial charge on any atom is -0.493 e. The molecular weight excluding hydrogens is 428 g/mol. The number of halogens is 2. The van der Waals surface area contributed by atoms with Crippen LogP contribution in [0.5, 0.6) is 17.2 Å². The minimum absolute atomic E-state index is 0.0348. The molecule has 32 heavy (non-hydrogen) atoms. The number of nitrogens with one attached hydrogen (secondary N) is 3. The van der Waals surface area contributed by atoms with Crippen LogP contribution in [0.1, 0.15) is 22.0 Å². The Balaban J connectivity index is 2.12. The van der Waals surface area contributed by atoms with Gasteiger partial charge in [-0.1, -0.05) is 6.07 Å². The van der Waals surface area contributed by atoms with Crippen LogP contribution in [0.4, 0.5) is 8.78 Å². The summed E-state index contributed by atoms with van der Waals surface area (Å²) in [4.78, 5) is 37.0. The third-order valence-electron chi connectivity index (χ3n) is 4.43. The van der Waals surface area contributed by atoms with Crippen molar-refractivity contribution >= 4 is 17.7 Å². The molecule has 0 saturated heterocycles. The molecule has 0 saturated carbocycles. The van der Waals surface area contributed by atoms with Crippen molar-refractivity contribution in [1.82, 2.24) is 16.0 Å². The number of hydrogen-bond acceptors (Lipinski definition) is 6. The van der Waals surface area contributed by atoms with Crippen molar-refractivity contribution in [1.29, 1.82) is 0 Å². The maximum Gasteiger partial charge on any atom is 0.251 e. The third kappa shape index (κ3) is 5.62. The van der Waals surface area contributed by atoms with E-state index in [4.69, 9.17) is 14.2 Å². The van der Waals surface area contributed by atoms with E-state index in [1.807, 2.05) is 0 Å². The molecule has 1 unspecified atom stereocenters. The van der Waals surface area contributed by atoms with Crippen LogP contribution < -0.4 is 30.2 Å². The number of hydrogen-bond donors (Lipinski definition) is 3. The van der Waals surface area contributed by atoms with Crippen LogP contribution in [0.25, 0.3) is 0 Å². The van der Waals surface area contributed by atoms with Crippen LogP contribution in [-0.2, 0) is 9.59 Å². The van der Waals surface area contributed by atoms with Gasteiger partial charge in [0.25, 0.3) is 5.91 Å². The molecular formula is C21H23F2N3O6. The molecule has 0 heterocycles. The second-order valence-corrected chi connectivity index (χ2v) is 6.39. The number of methoxy groups -OCH3 is 3. The van der Waals surface area contributed by atoms with E-state index < -0.39 is 41.9 Å². The average molecular weight is 451 g/mol. The number of likely N-dealkylation sites (N-methyl/N-ethyl adjacent to an activating group) is 1. The quantitative estimate of drug-likeness (QED) is 0.530. The van der Waals surface area contributed by atoms with Gasteiger partial charge in [-0.05, 0) is 29.8 Å². The van der Waals surface area contributed by atoms with Gasteiger partial charge in [0.2, 0.25) is 17.6 Å². The van der Waals surface area contributed by atoms with E-state index >= 15 is 0 Å². The summed E-state index contributed by atoms with van der Waals surface area (Å²) in [7, 11) is 5.53. The van der Waals surface area contributed by atoms with Crippen molar-refractivity contribution in [3.8, 4) is 17.2 Å². The lowest BCUT2D eigenvalue weighted by Crippen LogP contribution is -2.43. The maximum absolute atomic E-state index is 13.6. The van der Waals surface area contributed by atoms with Crippen molar-refractivity contribution in [2.75, 3.05) is 34.9 Å². The molecule has 0 radical (unpaired) electrons. The van der Waals surface area contributed by atoms with E-state index in [2.05, 4.69) is 16.0 Å². The van der Waals surface area contributed by atoms with Crippen LogP contribution in [0.2, 0.25) is 0 Å². The molecule has 3 amide bonds. The molecule has 172 valence electrons. The number of carbonyl (C=O) groups excluding carboxylic acids is 3. The maximum atomic E-state index is 13.6. The van der Waals surface area contributed by atoms with E-state index in [0.29, 0.717) is 5.75 Å². The molecule has 2 aromatic rings. The van der Waals surface area contributed by atoms with Crippen LogP contribution in [0.3, 0.4) is 0 Å². The topological polar surface area (TPSA) is 115 Å². The summed E-state index contributed by atoms with van der Waals surface area (Å²) >= 11 is 0. The van der Waals surface area contributed by atoms with E-state index in [-0.39, 0.29) is 22.6 Å². The Labute approximate surface area is 183 Å². The summed E-state index contributed by atoms with van der Waals surface area (Å²) in [6.45, 7) is -0.493. The highest BCUT2D eigenvalue weighted by Gasteiger charge is 2.24. The van der Waals surface area contributed by atoms with Gasteiger partial charge in [0.15, 0.2) is 23.1 Å². The molecule has 0 aliphatic rings. The predicted molar refractivity (Wildman–Crippen MR) is 110 cm³/mol. The van der Waals surface area contributed by atoms with Crippen LogP contribution in [0.15, 0.2) is 30.3 Å². The number of benzene rings is 2. The van der Waals surface area contributed by atoms with Gasteiger partial charge in [0.05, 0.1) is 27.9 Å². The number of carbonyl (C=O) groups is 3. The summed E-state index contributed by atoms with van der Waals surface area (Å²) in [6, 6.07) is 4.35. The molecule has 0 aromatic heterocycles. The monoisotopic (exact) mass is 451 g/mol. The van der Waals surface area contributed by atoms with E-state index in [1.54, 1.807) is 0 Å². The van der Waals surface area contributed by atoms with Gasteiger partial charge in [-0.25, -0.2) is 8.78 Å². The van der Waals surface area contributed by atoms with Gasteiger partial charge in [0, 0.05) is 12.6 Å². The fourth-order valence-corrected chi connectivity index (χ4v) is 2.82. The zero-order chi connectivity index (χ0) is 23.8. The Morgan fingerprint density at radius 3 is 2.06 bits per heavy atom. The van der Waals surface area contributed by atoms with Gasteiger partial charge < -0.3 is 30.2 Å². The molecule has 9 nitrogen and oxygen atoms in total. The third-order valence-corrected chi connectivity index (χ3v) is 4.43. The average Bonchev–Trinajstić information content (AvgIpc) is 2.81. The Kier molecular flexibility index (Phi) is 8.33. The van der Waals surface area contributed by atoms with Crippen LogP contribution >= 0.6 is 0 Å². The molecule has 0 aliphatic carbocycles. The first kappa shape index (κ1) is 24.4. The zero-order valence-electron chi connectivity index (χ0n) is 17.9. The lowest BCUT2D eigenvalue weighted by Gasteiger charge is -2.18. The molecule has 3 N–H and O–H groups in total. The molecule has 0 spiro atoms. The largest absolute Gasteiger partial charge is 0.493 e. The van der Waals surface area contributed by atoms with Gasteiger partial charge in [-0.3, -0.25) is 14.4 Å². The number of ether oxygens (including phenoxy) is 3. The minimum atomic E-state index is -1.29. The van der Waals surface area contributed by atoms with E-state index in [0.717, 1.165) is 12.1 Å². The lowest BCUT2D eigenvalue weighted by molar-refractivity contribution is -0.128. The second kappa shape index (κ2) is 10.9. The van der Waals surface area contributed by atoms with E-state index in [1.165, 1.54) is 46.6 Å². The lowest BCUT2D eigenvalue weighted by atomic mass is 10.1. The summed E-state index contributed by atoms with van der Waals surface area (Å²) in [5, 5.41) is 7.11. The van der Waals surface area contributed by atoms with Crippen molar-refractivity contribution in [3.63, 3.8) is 0 Å². The number of amides is 3. The SMILES string of the molecule is CNC(=O)C(NC(=O)CNC(=O)c1cc(OC)c(OC)c(OC)c1)c1ccc(F)c(F)c1. The van der Waals surface area contributed by atoms with Crippen molar-refractivity contribution in [2.24, 2.45) is 0 Å². The second-order valence-electron chi connectivity index (χ2n) is 6.39. The first-order valence-corrected chi connectivity index (χ1v) is 9.29. The van der Waals surface area contributed by atoms with Gasteiger partial charge >= 0.3 is 0 Å². The van der Waals surface area contributed by atoms with Crippen LogP contribution in [-0.4, -0.2) is 52.6 Å². The standard InChI is InChI=1S/C21H23F2N3O6/c1-24-21(29)18(11-5-6-13(22)14(23)7-11)26-17(27)10-25-20(28)12-8-15(30-2)19(32-4)16(9-12)31-3/h5-9,18H,10H2,1-4H3,(H,24,29)(H,25,28)(H,26,27). The van der Waals surface area contributed by atoms with Gasteiger partial charge in [0.1, 0.15) is 6.04 Å². The fraction of sp³-hybridized carbons (Fsp3) is 0.286. The molecule has 11 heteroatoms.